The molecular formula is C17H25FNO2+. The number of rotatable bonds is 4. The number of halogens is 1. The van der Waals surface area contributed by atoms with Gasteiger partial charge in [0.25, 0.3) is 0 Å². The fourth-order valence-electron chi connectivity index (χ4n) is 3.23. The van der Waals surface area contributed by atoms with Gasteiger partial charge in [0, 0.05) is 0 Å². The number of hydrogen-bond donors (Lipinski definition) is 1. The van der Waals surface area contributed by atoms with Crippen molar-refractivity contribution < 1.29 is 18.8 Å². The molecule has 3 unspecified atom stereocenters. The van der Waals surface area contributed by atoms with Crippen LogP contribution in [0.4, 0.5) is 4.39 Å². The van der Waals surface area contributed by atoms with E-state index in [0.717, 1.165) is 6.54 Å². The zero-order chi connectivity index (χ0) is 15.4. The first-order valence-electron chi connectivity index (χ1n) is 7.79. The van der Waals surface area contributed by atoms with E-state index in [1.54, 1.807) is 6.07 Å². The van der Waals surface area contributed by atoms with E-state index in [1.165, 1.54) is 42.4 Å². The number of likely N-dealkylation sites (tertiary alicyclic amines) is 1. The molecule has 0 radical (unpaired) electrons. The van der Waals surface area contributed by atoms with Crippen LogP contribution < -0.4 is 4.90 Å². The number of carbonyl (C=O) groups excluding carboxylic acids is 1. The largest absolute Gasteiger partial charge is 0.453 e. The molecule has 0 spiro atoms. The Balaban J connectivity index is 1.92. The predicted octanol–water partition coefficient (Wildman–Crippen LogP) is 2.22. The first-order valence-corrected chi connectivity index (χ1v) is 7.79. The lowest BCUT2D eigenvalue weighted by molar-refractivity contribution is -0.953. The minimum Gasteiger partial charge on any atom is -0.453 e. The number of ether oxygens (including phenoxy) is 1. The predicted molar refractivity (Wildman–Crippen MR) is 79.9 cm³/mol. The minimum absolute atomic E-state index is 0.168. The number of piperidine rings is 1. The third kappa shape index (κ3) is 4.27. The van der Waals surface area contributed by atoms with Gasteiger partial charge in [0.2, 0.25) is 0 Å². The average molecular weight is 294 g/mol. The fraction of sp³-hybridized carbons (Fsp3) is 0.588. The lowest BCUT2D eigenvalue weighted by atomic mass is 9.97. The molecule has 1 saturated heterocycles. The first-order chi connectivity index (χ1) is 9.97. The van der Waals surface area contributed by atoms with E-state index in [9.17, 15) is 9.18 Å². The van der Waals surface area contributed by atoms with Gasteiger partial charge in [-0.25, -0.2) is 9.18 Å². The monoisotopic (exact) mass is 294 g/mol. The molecule has 1 fully saturated rings. The third-order valence-corrected chi connectivity index (χ3v) is 4.43. The summed E-state index contributed by atoms with van der Waals surface area (Å²) in [5, 5.41) is 0. The summed E-state index contributed by atoms with van der Waals surface area (Å²) < 4.78 is 18.6. The quantitative estimate of drug-likeness (QED) is 0.863. The molecule has 116 valence electrons. The van der Waals surface area contributed by atoms with Crippen molar-refractivity contribution in [2.75, 3.05) is 6.54 Å². The van der Waals surface area contributed by atoms with Crippen molar-refractivity contribution in [2.45, 2.75) is 58.2 Å². The molecule has 2 rings (SSSR count). The summed E-state index contributed by atoms with van der Waals surface area (Å²) in [6, 6.07) is 6.84. The van der Waals surface area contributed by atoms with Crippen molar-refractivity contribution in [1.29, 1.82) is 0 Å². The van der Waals surface area contributed by atoms with Gasteiger partial charge >= 0.3 is 5.97 Å². The van der Waals surface area contributed by atoms with Gasteiger partial charge in [-0.05, 0) is 58.2 Å². The van der Waals surface area contributed by atoms with Gasteiger partial charge in [0.1, 0.15) is 18.5 Å². The molecule has 1 aromatic rings. The zero-order valence-electron chi connectivity index (χ0n) is 13.1. The van der Waals surface area contributed by atoms with Crippen LogP contribution in [-0.4, -0.2) is 30.7 Å². The molecule has 0 amide bonds. The molecule has 1 aliphatic rings. The molecule has 0 saturated carbocycles. The Kier molecular flexibility index (Phi) is 5.34. The number of benzene rings is 1. The molecule has 21 heavy (non-hydrogen) atoms. The normalized spacial score (nSPS) is 27.1. The highest BCUT2D eigenvalue weighted by atomic mass is 19.1. The maximum absolute atomic E-state index is 13.1. The van der Waals surface area contributed by atoms with Gasteiger partial charge in [0.05, 0.1) is 17.6 Å². The number of carbonyl (C=O) groups is 1. The summed E-state index contributed by atoms with van der Waals surface area (Å²) >= 11 is 0. The SMILES string of the molecule is CC(C[NH+]1C(C)CCCC1C)OC(=O)c1cccc(F)c1. The molecule has 1 aromatic carbocycles. The highest BCUT2D eigenvalue weighted by Gasteiger charge is 2.30. The number of hydrogen-bond acceptors (Lipinski definition) is 2. The molecule has 4 heteroatoms. The summed E-state index contributed by atoms with van der Waals surface area (Å²) in [5.41, 5.74) is 0.275. The van der Waals surface area contributed by atoms with Crippen molar-refractivity contribution in [3.63, 3.8) is 0 Å². The lowest BCUT2D eigenvalue weighted by Crippen LogP contribution is -3.20. The maximum Gasteiger partial charge on any atom is 0.338 e. The molecule has 1 N–H and O–H groups in total. The second-order valence-corrected chi connectivity index (χ2v) is 6.24. The van der Waals surface area contributed by atoms with Gasteiger partial charge in [0.15, 0.2) is 0 Å². The van der Waals surface area contributed by atoms with Crippen molar-refractivity contribution >= 4 is 5.97 Å². The number of nitrogens with one attached hydrogen (secondary N) is 1. The Morgan fingerprint density at radius 2 is 2.05 bits per heavy atom. The third-order valence-electron chi connectivity index (χ3n) is 4.43. The summed E-state index contributed by atoms with van der Waals surface area (Å²) in [7, 11) is 0. The van der Waals surface area contributed by atoms with E-state index >= 15 is 0 Å². The molecule has 0 bridgehead atoms. The van der Waals surface area contributed by atoms with E-state index in [-0.39, 0.29) is 11.7 Å². The Morgan fingerprint density at radius 1 is 1.38 bits per heavy atom. The van der Waals surface area contributed by atoms with Crippen LogP contribution in [0.15, 0.2) is 24.3 Å². The molecule has 3 nitrogen and oxygen atoms in total. The van der Waals surface area contributed by atoms with Crippen molar-refractivity contribution in [2.24, 2.45) is 0 Å². The smallest absolute Gasteiger partial charge is 0.338 e. The van der Waals surface area contributed by atoms with E-state index in [4.69, 9.17) is 4.74 Å². The zero-order valence-corrected chi connectivity index (χ0v) is 13.1. The molecular weight excluding hydrogens is 269 g/mol. The molecule has 0 aliphatic carbocycles. The fourth-order valence-corrected chi connectivity index (χ4v) is 3.23. The highest BCUT2D eigenvalue weighted by Crippen LogP contribution is 2.09. The second kappa shape index (κ2) is 7.03. The van der Waals surface area contributed by atoms with Gasteiger partial charge in [-0.1, -0.05) is 6.07 Å². The summed E-state index contributed by atoms with van der Waals surface area (Å²) in [6.45, 7) is 7.24. The first kappa shape index (κ1) is 16.0. The van der Waals surface area contributed by atoms with Gasteiger partial charge in [-0.3, -0.25) is 0 Å². The Labute approximate surface area is 126 Å². The Morgan fingerprint density at radius 3 is 2.67 bits per heavy atom. The summed E-state index contributed by atoms with van der Waals surface area (Å²) in [4.78, 5) is 13.5. The molecule has 0 aromatic heterocycles. The Hall–Kier alpha value is -1.42. The van der Waals surface area contributed by atoms with Crippen LogP contribution in [0.2, 0.25) is 0 Å². The minimum atomic E-state index is -0.446. The molecule has 1 heterocycles. The standard InChI is InChI=1S/C17H24FNO2/c1-12-6-4-7-13(2)19(12)11-14(3)21-17(20)15-8-5-9-16(18)10-15/h5,8-10,12-14H,4,6-7,11H2,1-3H3/p+1. The lowest BCUT2D eigenvalue weighted by Gasteiger charge is -2.37. The van der Waals surface area contributed by atoms with Crippen molar-refractivity contribution in [3.8, 4) is 0 Å². The Bertz CT molecular complexity index is 481. The highest BCUT2D eigenvalue weighted by molar-refractivity contribution is 5.89. The van der Waals surface area contributed by atoms with E-state index < -0.39 is 11.8 Å². The van der Waals surface area contributed by atoms with Gasteiger partial charge in [-0.2, -0.15) is 0 Å². The summed E-state index contributed by atoms with van der Waals surface area (Å²) in [5.74, 6) is -0.861. The summed E-state index contributed by atoms with van der Waals surface area (Å²) in [6.07, 6.45) is 3.57. The second-order valence-electron chi connectivity index (χ2n) is 6.24. The van der Waals surface area contributed by atoms with E-state index in [0.29, 0.717) is 12.1 Å². The molecule has 1 aliphatic heterocycles. The van der Waals surface area contributed by atoms with Crippen LogP contribution in [0.25, 0.3) is 0 Å². The topological polar surface area (TPSA) is 30.7 Å². The average Bonchev–Trinajstić information content (AvgIpc) is 2.43. The van der Waals surface area contributed by atoms with Crippen LogP contribution in [0.1, 0.15) is 50.4 Å². The van der Waals surface area contributed by atoms with Crippen molar-refractivity contribution in [3.05, 3.63) is 35.6 Å². The van der Waals surface area contributed by atoms with Crippen LogP contribution in [0.5, 0.6) is 0 Å². The molecule has 3 atom stereocenters. The number of quaternary nitrogens is 1. The van der Waals surface area contributed by atoms with Gasteiger partial charge < -0.3 is 9.64 Å². The number of esters is 1. The van der Waals surface area contributed by atoms with Crippen LogP contribution >= 0.6 is 0 Å². The van der Waals surface area contributed by atoms with Crippen LogP contribution in [0, 0.1) is 5.82 Å². The van der Waals surface area contributed by atoms with Crippen molar-refractivity contribution in [1.82, 2.24) is 0 Å². The van der Waals surface area contributed by atoms with E-state index in [2.05, 4.69) is 13.8 Å². The van der Waals surface area contributed by atoms with E-state index in [1.807, 2.05) is 6.92 Å². The van der Waals surface area contributed by atoms with Crippen LogP contribution in [0.3, 0.4) is 0 Å². The maximum atomic E-state index is 13.1. The van der Waals surface area contributed by atoms with Crippen LogP contribution in [-0.2, 0) is 4.74 Å². The van der Waals surface area contributed by atoms with Gasteiger partial charge in [-0.15, -0.1) is 0 Å².